The zero-order valence-corrected chi connectivity index (χ0v) is 7.97. The van der Waals surface area contributed by atoms with Crippen molar-refractivity contribution in [3.05, 3.63) is 12.2 Å². The van der Waals surface area contributed by atoms with Crippen molar-refractivity contribution >= 4 is 11.8 Å². The molecule has 0 saturated carbocycles. The summed E-state index contributed by atoms with van der Waals surface area (Å²) in [6, 6.07) is 0. The highest BCUT2D eigenvalue weighted by Crippen LogP contribution is 2.07. The molecule has 0 heterocycles. The third kappa shape index (κ3) is 8.09. The first-order valence-corrected chi connectivity index (χ1v) is 5.30. The van der Waals surface area contributed by atoms with E-state index in [0.29, 0.717) is 0 Å². The summed E-state index contributed by atoms with van der Waals surface area (Å²) in [5.41, 5.74) is 1.32. The summed E-state index contributed by atoms with van der Waals surface area (Å²) >= 11 is 1.94. The average Bonchev–Trinajstić information content (AvgIpc) is 1.87. The Balaban J connectivity index is 2.84. The van der Waals surface area contributed by atoms with Crippen molar-refractivity contribution in [3.63, 3.8) is 0 Å². The van der Waals surface area contributed by atoms with Gasteiger partial charge in [0.25, 0.3) is 0 Å². The Bertz CT molecular complexity index is 86.7. The molecule has 0 aliphatic rings. The molecule has 0 aromatic carbocycles. The molecule has 60 valence electrons. The second kappa shape index (κ2) is 7.20. The third-order valence-electron chi connectivity index (χ3n) is 1.45. The Morgan fingerprint density at radius 2 is 2.00 bits per heavy atom. The van der Waals surface area contributed by atoms with E-state index in [1.165, 1.54) is 37.0 Å². The molecule has 0 atom stereocenters. The fraction of sp³-hybridized carbons (Fsp3) is 0.778. The van der Waals surface area contributed by atoms with Gasteiger partial charge in [0.1, 0.15) is 0 Å². The zero-order valence-electron chi connectivity index (χ0n) is 7.15. The Morgan fingerprint density at radius 3 is 2.50 bits per heavy atom. The van der Waals surface area contributed by atoms with Crippen LogP contribution in [0, 0.1) is 0 Å². The van der Waals surface area contributed by atoms with Crippen molar-refractivity contribution in [3.8, 4) is 0 Å². The Kier molecular flexibility index (Phi) is 7.26. The number of rotatable bonds is 6. The van der Waals surface area contributed by atoms with Gasteiger partial charge < -0.3 is 0 Å². The van der Waals surface area contributed by atoms with Crippen LogP contribution in [0.4, 0.5) is 0 Å². The van der Waals surface area contributed by atoms with E-state index in [2.05, 4.69) is 19.8 Å². The van der Waals surface area contributed by atoms with E-state index in [0.717, 1.165) is 0 Å². The van der Waals surface area contributed by atoms with Gasteiger partial charge in [0.05, 0.1) is 0 Å². The highest BCUT2D eigenvalue weighted by atomic mass is 32.2. The SMILES string of the molecule is C=C(C)CCCCCSC. The van der Waals surface area contributed by atoms with E-state index in [9.17, 15) is 0 Å². The molecule has 0 rings (SSSR count). The van der Waals surface area contributed by atoms with Crippen LogP contribution >= 0.6 is 11.8 Å². The summed E-state index contributed by atoms with van der Waals surface area (Å²) in [5, 5.41) is 0. The highest BCUT2D eigenvalue weighted by molar-refractivity contribution is 7.98. The molecule has 0 fully saturated rings. The first kappa shape index (κ1) is 10.1. The van der Waals surface area contributed by atoms with Gasteiger partial charge in [-0.2, -0.15) is 11.8 Å². The predicted octanol–water partition coefficient (Wildman–Crippen LogP) is 3.49. The van der Waals surface area contributed by atoms with Gasteiger partial charge >= 0.3 is 0 Å². The van der Waals surface area contributed by atoms with Gasteiger partial charge in [-0.15, -0.1) is 6.58 Å². The third-order valence-corrected chi connectivity index (χ3v) is 2.15. The molecule has 0 spiro atoms. The quantitative estimate of drug-likeness (QED) is 0.421. The van der Waals surface area contributed by atoms with Crippen LogP contribution in [-0.4, -0.2) is 12.0 Å². The number of allylic oxidation sites excluding steroid dienone is 1. The van der Waals surface area contributed by atoms with Gasteiger partial charge in [-0.05, 0) is 38.2 Å². The Hall–Kier alpha value is 0.0900. The molecule has 0 bridgehead atoms. The van der Waals surface area contributed by atoms with Crippen LogP contribution in [0.3, 0.4) is 0 Å². The summed E-state index contributed by atoms with van der Waals surface area (Å²) in [6.07, 6.45) is 7.45. The summed E-state index contributed by atoms with van der Waals surface area (Å²) in [6.45, 7) is 5.97. The molecule has 0 aliphatic carbocycles. The zero-order chi connectivity index (χ0) is 7.82. The summed E-state index contributed by atoms with van der Waals surface area (Å²) in [5.74, 6) is 1.32. The summed E-state index contributed by atoms with van der Waals surface area (Å²) in [4.78, 5) is 0. The van der Waals surface area contributed by atoms with Crippen molar-refractivity contribution in [2.45, 2.75) is 32.6 Å². The summed E-state index contributed by atoms with van der Waals surface area (Å²) in [7, 11) is 0. The molecular formula is C9H18S. The van der Waals surface area contributed by atoms with E-state index in [-0.39, 0.29) is 0 Å². The maximum Gasteiger partial charge on any atom is -0.00703 e. The first-order valence-electron chi connectivity index (χ1n) is 3.90. The standard InChI is InChI=1S/C9H18S/c1-9(2)7-5-4-6-8-10-3/h1,4-8H2,2-3H3. The molecule has 0 saturated heterocycles. The van der Waals surface area contributed by atoms with E-state index in [4.69, 9.17) is 0 Å². The lowest BCUT2D eigenvalue weighted by Crippen LogP contribution is -1.80. The van der Waals surface area contributed by atoms with Crippen molar-refractivity contribution in [2.24, 2.45) is 0 Å². The molecule has 0 aromatic rings. The normalized spacial score (nSPS) is 9.80. The van der Waals surface area contributed by atoms with Crippen LogP contribution in [0.2, 0.25) is 0 Å². The van der Waals surface area contributed by atoms with E-state index < -0.39 is 0 Å². The molecular weight excluding hydrogens is 140 g/mol. The molecule has 0 nitrogen and oxygen atoms in total. The maximum atomic E-state index is 3.87. The fourth-order valence-electron chi connectivity index (χ4n) is 0.850. The summed E-state index contributed by atoms with van der Waals surface area (Å²) < 4.78 is 0. The molecule has 0 N–H and O–H groups in total. The van der Waals surface area contributed by atoms with Crippen molar-refractivity contribution in [1.82, 2.24) is 0 Å². The van der Waals surface area contributed by atoms with Crippen molar-refractivity contribution in [2.75, 3.05) is 12.0 Å². The molecule has 0 aromatic heterocycles. The van der Waals surface area contributed by atoms with Crippen LogP contribution in [0.15, 0.2) is 12.2 Å². The second-order valence-electron chi connectivity index (χ2n) is 2.76. The fourth-order valence-corrected chi connectivity index (χ4v) is 1.34. The van der Waals surface area contributed by atoms with Crippen LogP contribution in [0.5, 0.6) is 0 Å². The van der Waals surface area contributed by atoms with Crippen LogP contribution in [-0.2, 0) is 0 Å². The van der Waals surface area contributed by atoms with Gasteiger partial charge in [-0.1, -0.05) is 12.0 Å². The first-order chi connectivity index (χ1) is 4.77. The number of hydrogen-bond acceptors (Lipinski definition) is 1. The minimum Gasteiger partial charge on any atom is -0.165 e. The lowest BCUT2D eigenvalue weighted by Gasteiger charge is -1.98. The van der Waals surface area contributed by atoms with E-state index >= 15 is 0 Å². The Labute approximate surface area is 69.1 Å². The number of unbranched alkanes of at least 4 members (excludes halogenated alkanes) is 2. The van der Waals surface area contributed by atoms with Crippen LogP contribution in [0.1, 0.15) is 32.6 Å². The molecule has 0 amide bonds. The molecule has 0 radical (unpaired) electrons. The van der Waals surface area contributed by atoms with Gasteiger partial charge in [0, 0.05) is 0 Å². The van der Waals surface area contributed by atoms with Gasteiger partial charge in [0.15, 0.2) is 0 Å². The molecule has 10 heavy (non-hydrogen) atoms. The second-order valence-corrected chi connectivity index (χ2v) is 3.75. The van der Waals surface area contributed by atoms with Crippen molar-refractivity contribution in [1.29, 1.82) is 0 Å². The molecule has 1 heteroatoms. The highest BCUT2D eigenvalue weighted by Gasteiger charge is 1.88. The average molecular weight is 158 g/mol. The Morgan fingerprint density at radius 1 is 1.30 bits per heavy atom. The van der Waals surface area contributed by atoms with Crippen LogP contribution < -0.4 is 0 Å². The minimum atomic E-state index is 1.22. The largest absolute Gasteiger partial charge is 0.165 e. The van der Waals surface area contributed by atoms with E-state index in [1.807, 2.05) is 11.8 Å². The minimum absolute atomic E-state index is 1.22. The smallest absolute Gasteiger partial charge is 0.00703 e. The predicted molar refractivity (Wildman–Crippen MR) is 51.7 cm³/mol. The lowest BCUT2D eigenvalue weighted by molar-refractivity contribution is 0.719. The molecule has 0 unspecified atom stereocenters. The maximum absolute atomic E-state index is 3.87. The van der Waals surface area contributed by atoms with Gasteiger partial charge in [0.2, 0.25) is 0 Å². The van der Waals surface area contributed by atoms with E-state index in [1.54, 1.807) is 0 Å². The van der Waals surface area contributed by atoms with Crippen molar-refractivity contribution < 1.29 is 0 Å². The number of thioether (sulfide) groups is 1. The van der Waals surface area contributed by atoms with Gasteiger partial charge in [-0.25, -0.2) is 0 Å². The van der Waals surface area contributed by atoms with Crippen LogP contribution in [0.25, 0.3) is 0 Å². The number of hydrogen-bond donors (Lipinski definition) is 0. The van der Waals surface area contributed by atoms with Gasteiger partial charge in [-0.3, -0.25) is 0 Å². The lowest BCUT2D eigenvalue weighted by atomic mass is 10.1. The topological polar surface area (TPSA) is 0 Å². The molecule has 0 aliphatic heterocycles. The monoisotopic (exact) mass is 158 g/mol.